The summed E-state index contributed by atoms with van der Waals surface area (Å²) in [7, 11) is 2.04. The van der Waals surface area contributed by atoms with E-state index in [1.54, 1.807) is 0 Å². The molecule has 57 heavy (non-hydrogen) atoms. The average molecular weight is 793 g/mol. The van der Waals surface area contributed by atoms with Gasteiger partial charge in [-0.1, -0.05) is 73.6 Å². The number of likely N-dealkylation sites (tertiary alicyclic amines) is 1. The predicted octanol–water partition coefficient (Wildman–Crippen LogP) is 6.81. The first kappa shape index (κ1) is 44.1. The van der Waals surface area contributed by atoms with Crippen molar-refractivity contribution in [2.24, 2.45) is 45.3 Å². The molecule has 4 saturated carbocycles. The largest absolute Gasteiger partial charge is 0.345 e. The van der Waals surface area contributed by atoms with Gasteiger partial charge in [0.25, 0.3) is 0 Å². The van der Waals surface area contributed by atoms with Crippen LogP contribution in [0.1, 0.15) is 158 Å². The van der Waals surface area contributed by atoms with Crippen LogP contribution in [0.25, 0.3) is 0 Å². The first-order chi connectivity index (χ1) is 26.8. The van der Waals surface area contributed by atoms with Crippen LogP contribution in [0.5, 0.6) is 0 Å². The Bertz CT molecular complexity index is 1550. The fraction of sp³-hybridized carbons (Fsp3) is 0.872. The summed E-state index contributed by atoms with van der Waals surface area (Å²) in [5, 5.41) is 3.29. The highest BCUT2D eigenvalue weighted by atomic mass is 16.2. The van der Waals surface area contributed by atoms with E-state index in [1.165, 1.54) is 0 Å². The molecule has 0 bridgehead atoms. The maximum atomic E-state index is 15.3. The van der Waals surface area contributed by atoms with Crippen molar-refractivity contribution in [1.29, 1.82) is 0 Å². The molecule has 1 N–H and O–H groups in total. The normalized spacial score (nSPS) is 29.2. The van der Waals surface area contributed by atoms with E-state index in [0.29, 0.717) is 38.3 Å². The van der Waals surface area contributed by atoms with Gasteiger partial charge in [0.2, 0.25) is 17.6 Å². The Morgan fingerprint density at radius 1 is 0.842 bits per heavy atom. The summed E-state index contributed by atoms with van der Waals surface area (Å²) in [6, 6.07) is -1.53. The second kappa shape index (κ2) is 16.9. The summed E-state index contributed by atoms with van der Waals surface area (Å²) in [6.07, 6.45) is 12.1. The van der Waals surface area contributed by atoms with E-state index in [1.807, 2.05) is 39.6 Å². The van der Waals surface area contributed by atoms with Crippen molar-refractivity contribution in [2.75, 3.05) is 33.2 Å². The number of carbonyl (C=O) groups is 6. The highest BCUT2D eigenvalue weighted by Gasteiger charge is 2.85. The minimum Gasteiger partial charge on any atom is -0.345 e. The minimum absolute atomic E-state index is 0.00615. The van der Waals surface area contributed by atoms with Crippen molar-refractivity contribution in [2.45, 2.75) is 182 Å². The molecule has 2 amide bonds. The number of Topliss-reactive ketones (excluding diaryl/α,β-unsaturated/α-hetero) is 4. The zero-order valence-electron chi connectivity index (χ0n) is 37.1. The van der Waals surface area contributed by atoms with Gasteiger partial charge < -0.3 is 15.1 Å². The van der Waals surface area contributed by atoms with Crippen LogP contribution in [-0.2, 0) is 28.8 Å². The van der Waals surface area contributed by atoms with E-state index < -0.39 is 35.1 Å². The highest BCUT2D eigenvalue weighted by molar-refractivity contribution is 6.38. The average Bonchev–Trinajstić information content (AvgIpc) is 3.96. The van der Waals surface area contributed by atoms with Gasteiger partial charge in [-0.25, -0.2) is 0 Å². The van der Waals surface area contributed by atoms with E-state index in [-0.39, 0.29) is 82.7 Å². The summed E-state index contributed by atoms with van der Waals surface area (Å²) in [4.78, 5) is 91.7. The van der Waals surface area contributed by atoms with Crippen LogP contribution in [0.15, 0.2) is 0 Å². The van der Waals surface area contributed by atoms with E-state index in [9.17, 15) is 24.0 Å². The molecule has 2 aliphatic heterocycles. The Morgan fingerprint density at radius 2 is 1.51 bits per heavy atom. The molecule has 0 aromatic heterocycles. The molecule has 6 atom stereocenters. The lowest BCUT2D eigenvalue weighted by Gasteiger charge is -2.42. The molecule has 0 radical (unpaired) electrons. The number of hydrogen-bond donors (Lipinski definition) is 1. The van der Waals surface area contributed by atoms with Crippen molar-refractivity contribution in [3.8, 4) is 0 Å². The quantitative estimate of drug-likeness (QED) is 0.160. The molecule has 4 aliphatic carbocycles. The smallest absolute Gasteiger partial charge is 0.239 e. The van der Waals surface area contributed by atoms with E-state index >= 15 is 4.79 Å². The van der Waals surface area contributed by atoms with Gasteiger partial charge in [0, 0.05) is 68.7 Å². The second-order valence-electron chi connectivity index (χ2n) is 21.5. The lowest BCUT2D eigenvalue weighted by atomic mass is 9.73. The van der Waals surface area contributed by atoms with Crippen molar-refractivity contribution in [1.82, 2.24) is 20.0 Å². The van der Waals surface area contributed by atoms with Gasteiger partial charge in [0.05, 0.1) is 12.1 Å². The van der Waals surface area contributed by atoms with Crippen molar-refractivity contribution < 1.29 is 28.8 Å². The monoisotopic (exact) mass is 793 g/mol. The highest BCUT2D eigenvalue weighted by Crippen LogP contribution is 2.88. The summed E-state index contributed by atoms with van der Waals surface area (Å²) < 4.78 is 0. The van der Waals surface area contributed by atoms with Crippen molar-refractivity contribution in [3.05, 3.63) is 0 Å². The third kappa shape index (κ3) is 8.48. The summed E-state index contributed by atoms with van der Waals surface area (Å²) in [5.74, 6) is -2.31. The van der Waals surface area contributed by atoms with Crippen LogP contribution in [0.2, 0.25) is 0 Å². The zero-order chi connectivity index (χ0) is 41.7. The van der Waals surface area contributed by atoms with Crippen LogP contribution < -0.4 is 5.32 Å². The van der Waals surface area contributed by atoms with Crippen LogP contribution in [0.4, 0.5) is 0 Å². The van der Waals surface area contributed by atoms with Gasteiger partial charge >= 0.3 is 0 Å². The first-order valence-corrected chi connectivity index (χ1v) is 23.0. The number of rotatable bonds is 17. The Morgan fingerprint density at radius 3 is 2.05 bits per heavy atom. The summed E-state index contributed by atoms with van der Waals surface area (Å²) in [6.45, 7) is 19.6. The first-order valence-electron chi connectivity index (χ1n) is 23.0. The number of fused-ring (bicyclic) bond motifs is 1. The molecular formula is C47H76N4O6. The van der Waals surface area contributed by atoms with Crippen LogP contribution in [-0.4, -0.2) is 107 Å². The molecule has 10 nitrogen and oxygen atoms in total. The molecule has 2 spiro atoms. The number of likely N-dealkylation sites (N-methyl/N-ethyl adjacent to an activating group) is 1. The van der Waals surface area contributed by atoms with E-state index in [2.05, 4.69) is 42.8 Å². The molecule has 2 heterocycles. The molecule has 2 saturated heterocycles. The number of ketones is 4. The Balaban J connectivity index is 1.26. The zero-order valence-corrected chi connectivity index (χ0v) is 37.1. The Labute approximate surface area is 343 Å². The predicted molar refractivity (Wildman–Crippen MR) is 222 cm³/mol. The van der Waals surface area contributed by atoms with Crippen molar-refractivity contribution >= 4 is 34.9 Å². The fourth-order valence-corrected chi connectivity index (χ4v) is 12.3. The van der Waals surface area contributed by atoms with Gasteiger partial charge in [-0.2, -0.15) is 0 Å². The topological polar surface area (TPSA) is 124 Å². The number of nitrogens with one attached hydrogen (secondary N) is 1. The van der Waals surface area contributed by atoms with Gasteiger partial charge in [0.1, 0.15) is 6.04 Å². The van der Waals surface area contributed by atoms with Crippen LogP contribution >= 0.6 is 0 Å². The number of amides is 2. The molecular weight excluding hydrogens is 717 g/mol. The maximum absolute atomic E-state index is 15.3. The molecule has 6 rings (SSSR count). The van der Waals surface area contributed by atoms with Crippen LogP contribution in [0.3, 0.4) is 0 Å². The number of piperazine rings is 1. The molecule has 6 fully saturated rings. The lowest BCUT2D eigenvalue weighted by Crippen LogP contribution is -2.62. The van der Waals surface area contributed by atoms with Gasteiger partial charge in [-0.3, -0.25) is 33.7 Å². The third-order valence-corrected chi connectivity index (χ3v) is 16.5. The lowest BCUT2D eigenvalue weighted by molar-refractivity contribution is -0.147. The summed E-state index contributed by atoms with van der Waals surface area (Å²) in [5.41, 5.74) is -0.736. The van der Waals surface area contributed by atoms with Gasteiger partial charge in [-0.15, -0.1) is 0 Å². The second-order valence-corrected chi connectivity index (χ2v) is 21.5. The minimum atomic E-state index is -0.696. The van der Waals surface area contributed by atoms with Gasteiger partial charge in [-0.05, 0) is 100 Å². The summed E-state index contributed by atoms with van der Waals surface area (Å²) >= 11 is 0. The van der Waals surface area contributed by atoms with Crippen LogP contribution in [0, 0.1) is 45.3 Å². The van der Waals surface area contributed by atoms with E-state index in [0.717, 1.165) is 77.3 Å². The molecule has 0 aromatic rings. The molecule has 10 heteroatoms. The Kier molecular flexibility index (Phi) is 13.1. The van der Waals surface area contributed by atoms with Gasteiger partial charge in [0.15, 0.2) is 17.3 Å². The third-order valence-electron chi connectivity index (χ3n) is 16.5. The maximum Gasteiger partial charge on any atom is 0.239 e. The molecule has 0 aromatic carbocycles. The standard InChI is InChI=1S/C47H76N4O6/c1-10-15-33(41(55)39(54)24-31-18-19-31)25-37(52)35-27-47(45(7,8)46(47)20-14-21-46)29-51(35)43(57)34(44(4,5)6)26-38(53)40(32-16-12-11-13-17-32)48-42(56)36-28-49(9)22-23-50(36)30(2)3/h30-36,40H,10-29H2,1-9H3,(H,48,56)/t33-,34-,35+,36+,40+,47-/m1/s1. The molecule has 0 unspecified atom stereocenters. The number of carbonyl (C=O) groups excluding carboxylic acids is 6. The molecule has 6 aliphatic rings. The number of hydrogen-bond acceptors (Lipinski definition) is 8. The Hall–Kier alpha value is -2.46. The van der Waals surface area contributed by atoms with E-state index in [4.69, 9.17) is 0 Å². The number of nitrogens with zero attached hydrogens (tertiary/aromatic N) is 3. The molecule has 320 valence electrons. The van der Waals surface area contributed by atoms with Crippen molar-refractivity contribution in [3.63, 3.8) is 0 Å². The fourth-order valence-electron chi connectivity index (χ4n) is 12.3. The SMILES string of the molecule is CCC[C@H](CC(=O)[C@@H]1C[C@@]2(CN1C(=O)[C@@H](CC(=O)[C@@H](NC(=O)[C@@H]1CN(C)CCN1C(C)C)C1CCCCC1)C(C)(C)C)C(C)(C)C21CCC1)C(=O)C(=O)CC1CC1.